The number of hydrogen-bond donors (Lipinski definition) is 1. The number of aliphatic hydroxyl groups excluding tert-OH is 1. The minimum absolute atomic E-state index is 0.212. The van der Waals surface area contributed by atoms with Gasteiger partial charge >= 0.3 is 0 Å². The normalized spacial score (nSPS) is 40.2. The maximum Gasteiger partial charge on any atom is 0.164 e. The Bertz CT molecular complexity index is 909. The Morgan fingerprint density at radius 3 is 2.53 bits per heavy atom. The van der Waals surface area contributed by atoms with E-state index in [9.17, 15) is 13.5 Å². The Kier molecular flexibility index (Phi) is 6.87. The zero-order chi connectivity index (χ0) is 23.3. The van der Waals surface area contributed by atoms with Gasteiger partial charge < -0.3 is 5.11 Å². The van der Waals surface area contributed by atoms with Crippen molar-refractivity contribution >= 4 is 9.84 Å². The Hall–Kier alpha value is -0.870. The molecule has 2 saturated carbocycles. The van der Waals surface area contributed by atoms with Gasteiger partial charge in [-0.2, -0.15) is 0 Å². The van der Waals surface area contributed by atoms with E-state index in [1.165, 1.54) is 24.8 Å². The minimum atomic E-state index is -3.17. The van der Waals surface area contributed by atoms with Gasteiger partial charge in [0.05, 0.1) is 11.9 Å². The average molecular weight is 461 g/mol. The largest absolute Gasteiger partial charge is 0.393 e. The maximum absolute atomic E-state index is 13.1. The molecule has 4 aliphatic rings. The van der Waals surface area contributed by atoms with E-state index in [0.717, 1.165) is 30.4 Å². The lowest BCUT2D eigenvalue weighted by Crippen LogP contribution is -2.36. The summed E-state index contributed by atoms with van der Waals surface area (Å²) in [5, 5.41) is 9.73. The van der Waals surface area contributed by atoms with Gasteiger partial charge in [0.15, 0.2) is 9.84 Å². The number of fused-ring (bicyclic) bond motifs is 1. The lowest BCUT2D eigenvalue weighted by molar-refractivity contribution is 0.111. The van der Waals surface area contributed by atoms with Gasteiger partial charge in [-0.05, 0) is 91.9 Å². The first-order chi connectivity index (χ1) is 15.0. The molecule has 0 aromatic carbocycles. The summed E-state index contributed by atoms with van der Waals surface area (Å²) in [6.07, 6.45) is 14.5. The average Bonchev–Trinajstić information content (AvgIpc) is 3.20. The highest BCUT2D eigenvalue weighted by atomic mass is 32.2. The predicted molar refractivity (Wildman–Crippen MR) is 133 cm³/mol. The molecule has 1 heterocycles. The van der Waals surface area contributed by atoms with Crippen LogP contribution < -0.4 is 0 Å². The molecule has 0 amide bonds. The molecule has 0 aromatic rings. The van der Waals surface area contributed by atoms with Crippen LogP contribution in [0.25, 0.3) is 0 Å². The molecule has 0 unspecified atom stereocenters. The molecule has 3 nitrogen and oxygen atoms in total. The van der Waals surface area contributed by atoms with Crippen molar-refractivity contribution in [2.75, 3.05) is 5.75 Å². The summed E-state index contributed by atoms with van der Waals surface area (Å²) in [6.45, 7) is 11.8. The molecule has 0 spiro atoms. The van der Waals surface area contributed by atoms with Crippen LogP contribution in [0.4, 0.5) is 0 Å². The van der Waals surface area contributed by atoms with E-state index in [1.54, 1.807) is 0 Å². The van der Waals surface area contributed by atoms with Crippen molar-refractivity contribution in [2.24, 2.45) is 35.0 Å². The summed E-state index contributed by atoms with van der Waals surface area (Å²) in [7, 11) is -3.17. The molecule has 7 atom stereocenters. The molecule has 32 heavy (non-hydrogen) atoms. The fourth-order valence-electron chi connectivity index (χ4n) is 7.28. The van der Waals surface area contributed by atoms with Crippen LogP contribution in [0.2, 0.25) is 0 Å². The van der Waals surface area contributed by atoms with E-state index < -0.39 is 15.1 Å². The molecule has 1 N–H and O–H groups in total. The Balaban J connectivity index is 1.58. The van der Waals surface area contributed by atoms with Crippen molar-refractivity contribution in [3.05, 3.63) is 34.9 Å². The van der Waals surface area contributed by atoms with Gasteiger partial charge in [0.2, 0.25) is 0 Å². The van der Waals surface area contributed by atoms with E-state index in [4.69, 9.17) is 0 Å². The van der Waals surface area contributed by atoms with Crippen molar-refractivity contribution in [1.29, 1.82) is 0 Å². The summed E-state index contributed by atoms with van der Waals surface area (Å²) >= 11 is 0. The van der Waals surface area contributed by atoms with Gasteiger partial charge in [-0.15, -0.1) is 0 Å². The molecule has 0 aromatic heterocycles. The van der Waals surface area contributed by atoms with Crippen molar-refractivity contribution in [1.82, 2.24) is 0 Å². The molecule has 0 saturated heterocycles. The second-order valence-corrected chi connectivity index (χ2v) is 14.1. The first-order valence-corrected chi connectivity index (χ1v) is 14.7. The summed E-state index contributed by atoms with van der Waals surface area (Å²) in [5.41, 5.74) is 3.78. The Labute approximate surface area is 196 Å². The van der Waals surface area contributed by atoms with Gasteiger partial charge in [-0.25, -0.2) is 8.42 Å². The van der Waals surface area contributed by atoms with Gasteiger partial charge in [0.25, 0.3) is 0 Å². The topological polar surface area (TPSA) is 54.4 Å². The summed E-state index contributed by atoms with van der Waals surface area (Å²) < 4.78 is 26.2. The molecule has 1 aliphatic heterocycles. The summed E-state index contributed by atoms with van der Waals surface area (Å²) in [6, 6.07) is 0. The van der Waals surface area contributed by atoms with Crippen LogP contribution in [0, 0.1) is 35.0 Å². The lowest BCUT2D eigenvalue weighted by atomic mass is 9.61. The first-order valence-electron chi connectivity index (χ1n) is 13.0. The van der Waals surface area contributed by atoms with Crippen LogP contribution in [-0.2, 0) is 9.84 Å². The smallest absolute Gasteiger partial charge is 0.164 e. The van der Waals surface area contributed by atoms with Crippen LogP contribution in [-0.4, -0.2) is 30.6 Å². The summed E-state index contributed by atoms with van der Waals surface area (Å²) in [5.74, 6) is 3.21. The number of sulfone groups is 1. The second-order valence-electron chi connectivity index (χ2n) is 11.9. The molecule has 0 radical (unpaired) electrons. The quantitative estimate of drug-likeness (QED) is 0.493. The van der Waals surface area contributed by atoms with Crippen LogP contribution in [0.5, 0.6) is 0 Å². The zero-order valence-electron chi connectivity index (χ0n) is 20.8. The van der Waals surface area contributed by atoms with Crippen LogP contribution in [0.15, 0.2) is 34.9 Å². The zero-order valence-corrected chi connectivity index (χ0v) is 21.6. The fourth-order valence-corrected chi connectivity index (χ4v) is 9.36. The van der Waals surface area contributed by atoms with Gasteiger partial charge in [-0.1, -0.05) is 64.0 Å². The number of hydrogen-bond acceptors (Lipinski definition) is 3. The van der Waals surface area contributed by atoms with Gasteiger partial charge in [0, 0.05) is 0 Å². The number of allylic oxidation sites excluding steroid dienone is 3. The van der Waals surface area contributed by atoms with Crippen molar-refractivity contribution in [3.63, 3.8) is 0 Å². The number of rotatable bonds is 5. The van der Waals surface area contributed by atoms with E-state index >= 15 is 0 Å². The molecule has 180 valence electrons. The standard InChI is InChI=1S/C28H44O3S/c1-18(2)19(3)8-9-20(4)25-12-13-26-21(7-6-14-28(25,26)5)15-27-24-16-23(29)11-10-22(24)17-32(27,30)31/h8-9,15,18-20,23,25-27,29H,6-7,10-14,16-17H2,1-5H3/b9-8+,21-15+/t19-,20+,23-,25+,26+,27-,28+/m0/s1. The van der Waals surface area contributed by atoms with Crippen LogP contribution >= 0.6 is 0 Å². The van der Waals surface area contributed by atoms with Crippen LogP contribution in [0.1, 0.15) is 86.0 Å². The Morgan fingerprint density at radius 1 is 1.06 bits per heavy atom. The highest BCUT2D eigenvalue weighted by molar-refractivity contribution is 7.92. The predicted octanol–water partition coefficient (Wildman–Crippen LogP) is 6.25. The fraction of sp³-hybridized carbons (Fsp3) is 0.786. The van der Waals surface area contributed by atoms with Crippen LogP contribution in [0.3, 0.4) is 0 Å². The molecule has 4 rings (SSSR count). The van der Waals surface area contributed by atoms with Crippen molar-refractivity contribution in [2.45, 2.75) is 97.3 Å². The van der Waals surface area contributed by atoms with E-state index in [0.29, 0.717) is 42.4 Å². The van der Waals surface area contributed by atoms with Crippen molar-refractivity contribution in [3.8, 4) is 0 Å². The monoisotopic (exact) mass is 460 g/mol. The SMILES string of the molecule is CC(C)[C@@H](C)/C=C/[C@@H](C)[C@H]1CC[C@@H]2/C(=C/[C@H]3C4=C(CC[C@H](O)C4)CS3(=O)=O)CCC[C@@]21C. The molecule has 4 heteroatoms. The van der Waals surface area contributed by atoms with Gasteiger partial charge in [0.1, 0.15) is 5.25 Å². The lowest BCUT2D eigenvalue weighted by Gasteiger charge is -2.44. The van der Waals surface area contributed by atoms with Crippen molar-refractivity contribution < 1.29 is 13.5 Å². The Morgan fingerprint density at radius 2 is 1.81 bits per heavy atom. The highest BCUT2D eigenvalue weighted by Crippen LogP contribution is 2.60. The summed E-state index contributed by atoms with van der Waals surface area (Å²) in [4.78, 5) is 0. The van der Waals surface area contributed by atoms with E-state index in [-0.39, 0.29) is 17.3 Å². The highest BCUT2D eigenvalue weighted by Gasteiger charge is 2.51. The molecule has 3 aliphatic carbocycles. The maximum atomic E-state index is 13.1. The molecular weight excluding hydrogens is 416 g/mol. The second kappa shape index (κ2) is 9.06. The third-order valence-corrected chi connectivity index (χ3v) is 11.5. The van der Waals surface area contributed by atoms with Gasteiger partial charge in [-0.3, -0.25) is 0 Å². The molecular formula is C28H44O3S. The first kappa shape index (κ1) is 24.3. The molecule has 2 fully saturated rings. The minimum Gasteiger partial charge on any atom is -0.393 e. The third kappa shape index (κ3) is 4.43. The van der Waals surface area contributed by atoms with E-state index in [2.05, 4.69) is 52.8 Å². The molecule has 0 bridgehead atoms. The number of aliphatic hydroxyl groups is 1. The van der Waals surface area contributed by atoms with E-state index in [1.807, 2.05) is 0 Å². The third-order valence-electron chi connectivity index (χ3n) is 9.60.